The van der Waals surface area contributed by atoms with E-state index in [-0.39, 0.29) is 0 Å². The lowest BCUT2D eigenvalue weighted by atomic mass is 10.0. The van der Waals surface area contributed by atoms with E-state index in [1.54, 1.807) is 0 Å². The maximum Gasteiger partial charge on any atom is 0.166 e. The van der Waals surface area contributed by atoms with Crippen molar-refractivity contribution in [3.63, 3.8) is 0 Å². The summed E-state index contributed by atoms with van der Waals surface area (Å²) in [4.78, 5) is 0. The molecule has 0 saturated carbocycles. The fraction of sp³-hybridized carbons (Fsp3) is 0.917. The largest absolute Gasteiger partial charge is 0.382 e. The van der Waals surface area contributed by atoms with Crippen LogP contribution in [0.5, 0.6) is 0 Å². The quantitative estimate of drug-likeness (QED) is 0.549. The average Bonchev–Trinajstić information content (AvgIpc) is 2.37. The van der Waals surface area contributed by atoms with Crippen LogP contribution < -0.4 is 10.6 Å². The van der Waals surface area contributed by atoms with Crippen LogP contribution in [-0.2, 0) is 4.74 Å². The Hall–Kier alpha value is 0. The number of hydrogen-bond acceptors (Lipinski definition) is 3. The zero-order valence-electron chi connectivity index (χ0n) is 10.7. The first-order valence-corrected chi connectivity index (χ1v) is 8.06. The Balaban J connectivity index is 1.93. The Kier molecular flexibility index (Phi) is 8.83. The molecule has 1 heterocycles. The SMILES string of the molecule is CCOCCCNC(=S)NCC1CCSCC1. The summed E-state index contributed by atoms with van der Waals surface area (Å²) in [6, 6.07) is 0. The first-order chi connectivity index (χ1) is 8.33. The highest BCUT2D eigenvalue weighted by atomic mass is 32.2. The van der Waals surface area contributed by atoms with Crippen LogP contribution in [0, 0.1) is 5.92 Å². The van der Waals surface area contributed by atoms with Gasteiger partial charge in [-0.15, -0.1) is 0 Å². The lowest BCUT2D eigenvalue weighted by molar-refractivity contribution is 0.145. The van der Waals surface area contributed by atoms with Crippen molar-refractivity contribution in [3.05, 3.63) is 0 Å². The maximum absolute atomic E-state index is 5.26. The van der Waals surface area contributed by atoms with Crippen molar-refractivity contribution in [1.82, 2.24) is 10.6 Å². The van der Waals surface area contributed by atoms with Gasteiger partial charge in [0.15, 0.2) is 5.11 Å². The maximum atomic E-state index is 5.26. The summed E-state index contributed by atoms with van der Waals surface area (Å²) >= 11 is 7.30. The highest BCUT2D eigenvalue weighted by molar-refractivity contribution is 7.99. The Morgan fingerprint density at radius 2 is 2.12 bits per heavy atom. The van der Waals surface area contributed by atoms with Gasteiger partial charge in [0.25, 0.3) is 0 Å². The molecule has 1 aliphatic rings. The summed E-state index contributed by atoms with van der Waals surface area (Å²) in [5.41, 5.74) is 0. The molecular weight excluding hydrogens is 252 g/mol. The van der Waals surface area contributed by atoms with E-state index in [4.69, 9.17) is 17.0 Å². The summed E-state index contributed by atoms with van der Waals surface area (Å²) in [6.07, 6.45) is 3.66. The molecule has 5 heteroatoms. The van der Waals surface area contributed by atoms with Crippen LogP contribution >= 0.6 is 24.0 Å². The molecule has 0 radical (unpaired) electrons. The second-order valence-corrected chi connectivity index (χ2v) is 5.88. The van der Waals surface area contributed by atoms with E-state index in [0.29, 0.717) is 0 Å². The van der Waals surface area contributed by atoms with E-state index in [9.17, 15) is 0 Å². The van der Waals surface area contributed by atoms with Gasteiger partial charge in [-0.3, -0.25) is 0 Å². The highest BCUT2D eigenvalue weighted by Crippen LogP contribution is 2.21. The molecule has 0 amide bonds. The molecule has 2 N–H and O–H groups in total. The first kappa shape index (κ1) is 15.1. The summed E-state index contributed by atoms with van der Waals surface area (Å²) in [7, 11) is 0. The minimum atomic E-state index is 0.791. The average molecular weight is 276 g/mol. The third-order valence-corrected chi connectivity index (χ3v) is 4.18. The van der Waals surface area contributed by atoms with E-state index in [0.717, 1.165) is 43.8 Å². The molecule has 1 aliphatic heterocycles. The van der Waals surface area contributed by atoms with Crippen LogP contribution in [0.1, 0.15) is 26.2 Å². The summed E-state index contributed by atoms with van der Waals surface area (Å²) in [5, 5.41) is 7.32. The number of hydrogen-bond donors (Lipinski definition) is 2. The van der Waals surface area contributed by atoms with Crippen molar-refractivity contribution in [2.45, 2.75) is 26.2 Å². The molecule has 1 saturated heterocycles. The van der Waals surface area contributed by atoms with Crippen molar-refractivity contribution in [2.75, 3.05) is 37.8 Å². The summed E-state index contributed by atoms with van der Waals surface area (Å²) in [5.74, 6) is 3.42. The molecule has 0 atom stereocenters. The topological polar surface area (TPSA) is 33.3 Å². The first-order valence-electron chi connectivity index (χ1n) is 6.50. The number of ether oxygens (including phenoxy) is 1. The van der Waals surface area contributed by atoms with Gasteiger partial charge in [-0.1, -0.05) is 0 Å². The van der Waals surface area contributed by atoms with Crippen molar-refractivity contribution in [1.29, 1.82) is 0 Å². The van der Waals surface area contributed by atoms with Gasteiger partial charge in [0.05, 0.1) is 0 Å². The van der Waals surface area contributed by atoms with Crippen LogP contribution in [0.15, 0.2) is 0 Å². The van der Waals surface area contributed by atoms with E-state index < -0.39 is 0 Å². The van der Waals surface area contributed by atoms with E-state index in [2.05, 4.69) is 22.4 Å². The second-order valence-electron chi connectivity index (χ2n) is 4.24. The van der Waals surface area contributed by atoms with Gasteiger partial charge in [-0.2, -0.15) is 11.8 Å². The molecule has 0 unspecified atom stereocenters. The monoisotopic (exact) mass is 276 g/mol. The van der Waals surface area contributed by atoms with Crippen LogP contribution in [0.3, 0.4) is 0 Å². The van der Waals surface area contributed by atoms with E-state index >= 15 is 0 Å². The molecule has 0 aliphatic carbocycles. The smallest absolute Gasteiger partial charge is 0.166 e. The third kappa shape index (κ3) is 7.84. The molecule has 100 valence electrons. The standard InChI is InChI=1S/C12H24N2OS2/c1-2-15-7-3-6-13-12(16)14-10-11-4-8-17-9-5-11/h11H,2-10H2,1H3,(H2,13,14,16). The molecule has 1 fully saturated rings. The Labute approximate surface area is 114 Å². The highest BCUT2D eigenvalue weighted by Gasteiger charge is 2.13. The molecule has 17 heavy (non-hydrogen) atoms. The molecule has 0 aromatic carbocycles. The van der Waals surface area contributed by atoms with Crippen LogP contribution in [0.4, 0.5) is 0 Å². The van der Waals surface area contributed by atoms with Gasteiger partial charge in [-0.05, 0) is 55.8 Å². The van der Waals surface area contributed by atoms with Crippen molar-refractivity contribution >= 4 is 29.1 Å². The fourth-order valence-corrected chi connectivity index (χ4v) is 3.16. The zero-order chi connectivity index (χ0) is 12.3. The van der Waals surface area contributed by atoms with Crippen molar-refractivity contribution in [3.8, 4) is 0 Å². The van der Waals surface area contributed by atoms with Gasteiger partial charge in [0.2, 0.25) is 0 Å². The Morgan fingerprint density at radius 1 is 1.35 bits per heavy atom. The Bertz CT molecular complexity index is 209. The van der Waals surface area contributed by atoms with Crippen LogP contribution in [0.25, 0.3) is 0 Å². The number of thiocarbonyl (C=S) groups is 1. The molecule has 3 nitrogen and oxygen atoms in total. The molecule has 0 aromatic rings. The van der Waals surface area contributed by atoms with Gasteiger partial charge in [-0.25, -0.2) is 0 Å². The fourth-order valence-electron chi connectivity index (χ4n) is 1.77. The van der Waals surface area contributed by atoms with Crippen LogP contribution in [-0.4, -0.2) is 42.9 Å². The Morgan fingerprint density at radius 3 is 2.82 bits per heavy atom. The molecular formula is C12H24N2OS2. The predicted octanol–water partition coefficient (Wildman–Crippen LogP) is 2.02. The normalized spacial score (nSPS) is 16.8. The molecule has 0 aromatic heterocycles. The molecule has 0 bridgehead atoms. The van der Waals surface area contributed by atoms with Gasteiger partial charge in [0, 0.05) is 26.3 Å². The van der Waals surface area contributed by atoms with Crippen molar-refractivity contribution < 1.29 is 4.74 Å². The van der Waals surface area contributed by atoms with Gasteiger partial charge in [0.1, 0.15) is 0 Å². The van der Waals surface area contributed by atoms with E-state index in [1.807, 2.05) is 6.92 Å². The summed E-state index contributed by atoms with van der Waals surface area (Å²) < 4.78 is 5.26. The number of rotatable bonds is 7. The molecule has 0 spiro atoms. The van der Waals surface area contributed by atoms with Crippen molar-refractivity contribution in [2.24, 2.45) is 5.92 Å². The lowest BCUT2D eigenvalue weighted by Crippen LogP contribution is -2.39. The minimum absolute atomic E-state index is 0.791. The minimum Gasteiger partial charge on any atom is -0.382 e. The van der Waals surface area contributed by atoms with Gasteiger partial charge < -0.3 is 15.4 Å². The van der Waals surface area contributed by atoms with Gasteiger partial charge >= 0.3 is 0 Å². The van der Waals surface area contributed by atoms with Crippen LogP contribution in [0.2, 0.25) is 0 Å². The zero-order valence-corrected chi connectivity index (χ0v) is 12.3. The number of thioether (sulfide) groups is 1. The third-order valence-electron chi connectivity index (χ3n) is 2.85. The predicted molar refractivity (Wildman–Crippen MR) is 79.8 cm³/mol. The number of nitrogens with one attached hydrogen (secondary N) is 2. The molecule has 1 rings (SSSR count). The van der Waals surface area contributed by atoms with E-state index in [1.165, 1.54) is 24.3 Å². The lowest BCUT2D eigenvalue weighted by Gasteiger charge is -2.22. The second kappa shape index (κ2) is 9.97. The summed E-state index contributed by atoms with van der Waals surface area (Å²) in [6.45, 7) is 5.54.